The van der Waals surface area contributed by atoms with E-state index in [-0.39, 0.29) is 17.6 Å². The Labute approximate surface area is 124 Å². The van der Waals surface area contributed by atoms with Crippen LogP contribution in [0.2, 0.25) is 0 Å². The summed E-state index contributed by atoms with van der Waals surface area (Å²) in [5.41, 5.74) is -0.928. The van der Waals surface area contributed by atoms with Crippen LogP contribution in [0.4, 0.5) is 18.9 Å². The Morgan fingerprint density at radius 1 is 1.25 bits per heavy atom. The van der Waals surface area contributed by atoms with Crippen LogP contribution in [0.3, 0.4) is 0 Å². The van der Waals surface area contributed by atoms with Crippen molar-refractivity contribution >= 4 is 27.5 Å². The lowest BCUT2D eigenvalue weighted by Gasteiger charge is -2.20. The van der Waals surface area contributed by atoms with Gasteiger partial charge >= 0.3 is 6.18 Å². The van der Waals surface area contributed by atoms with Crippen molar-refractivity contribution < 1.29 is 18.0 Å². The van der Waals surface area contributed by atoms with E-state index in [0.29, 0.717) is 4.47 Å². The zero-order chi connectivity index (χ0) is 15.5. The first-order chi connectivity index (χ1) is 9.11. The largest absolute Gasteiger partial charge is 0.418 e. The van der Waals surface area contributed by atoms with Crippen LogP contribution in [0.15, 0.2) is 22.7 Å². The molecule has 20 heavy (non-hydrogen) atoms. The maximum absolute atomic E-state index is 12.9. The van der Waals surface area contributed by atoms with Crippen molar-refractivity contribution in [3.8, 4) is 0 Å². The molecule has 0 aliphatic heterocycles. The highest BCUT2D eigenvalue weighted by molar-refractivity contribution is 9.10. The summed E-state index contributed by atoms with van der Waals surface area (Å²) in [4.78, 5) is 11.7. The first kappa shape index (κ1) is 16.8. The minimum absolute atomic E-state index is 0.0706. The highest BCUT2D eigenvalue weighted by Gasteiger charge is 2.34. The number of carbonyl (C=O) groups is 1. The predicted molar refractivity (Wildman–Crippen MR) is 75.5 cm³/mol. The molecule has 0 saturated heterocycles. The Kier molecular flexibility index (Phi) is 5.44. The second-order valence-corrected chi connectivity index (χ2v) is 5.63. The van der Waals surface area contributed by atoms with Crippen LogP contribution in [0.25, 0.3) is 0 Å². The van der Waals surface area contributed by atoms with Gasteiger partial charge in [-0.3, -0.25) is 4.79 Å². The van der Waals surface area contributed by atoms with Crippen molar-refractivity contribution in [2.24, 2.45) is 0 Å². The summed E-state index contributed by atoms with van der Waals surface area (Å²) in [7, 11) is 0. The van der Waals surface area contributed by atoms with E-state index >= 15 is 0 Å². The summed E-state index contributed by atoms with van der Waals surface area (Å²) in [6.07, 6.45) is -4.49. The van der Waals surface area contributed by atoms with E-state index < -0.39 is 17.8 Å². The third-order valence-corrected chi connectivity index (χ3v) is 2.98. The van der Waals surface area contributed by atoms with Gasteiger partial charge in [0.05, 0.1) is 5.56 Å². The van der Waals surface area contributed by atoms with Crippen LogP contribution in [0, 0.1) is 0 Å². The summed E-state index contributed by atoms with van der Waals surface area (Å²) < 4.78 is 39.1. The molecule has 0 bridgehead atoms. The highest BCUT2D eigenvalue weighted by Crippen LogP contribution is 2.36. The molecule has 112 valence electrons. The van der Waals surface area contributed by atoms with Gasteiger partial charge in [-0.2, -0.15) is 13.2 Å². The first-order valence-corrected chi connectivity index (χ1v) is 6.84. The van der Waals surface area contributed by atoms with Gasteiger partial charge in [-0.1, -0.05) is 15.9 Å². The molecular weight excluding hydrogens is 337 g/mol. The maximum Gasteiger partial charge on any atom is 0.418 e. The number of rotatable bonds is 4. The molecule has 1 aromatic rings. The van der Waals surface area contributed by atoms with Crippen molar-refractivity contribution in [3.05, 3.63) is 28.2 Å². The molecular formula is C13H16BrF3N2O. The fourth-order valence-corrected chi connectivity index (χ4v) is 1.95. The molecule has 0 aliphatic carbocycles. The number of halogens is 4. The zero-order valence-electron chi connectivity index (χ0n) is 11.3. The summed E-state index contributed by atoms with van der Waals surface area (Å²) in [6, 6.07) is 2.94. The fraction of sp³-hybridized carbons (Fsp3) is 0.462. The van der Waals surface area contributed by atoms with Gasteiger partial charge in [-0.15, -0.1) is 0 Å². The number of nitrogens with one attached hydrogen (secondary N) is 2. The van der Waals surface area contributed by atoms with Crippen LogP contribution in [0.1, 0.15) is 26.3 Å². The van der Waals surface area contributed by atoms with Crippen LogP contribution >= 0.6 is 15.9 Å². The third kappa shape index (κ3) is 4.70. The standard InChI is InChI=1S/C13H16BrF3N2O/c1-7(2)18-12(20)8(3)19-11-5-4-9(14)6-10(11)13(15,16)17/h4-8,19H,1-3H3,(H,18,20). The van der Waals surface area contributed by atoms with E-state index in [0.717, 1.165) is 6.07 Å². The van der Waals surface area contributed by atoms with Crippen LogP contribution < -0.4 is 10.6 Å². The molecule has 1 atom stereocenters. The molecule has 0 fully saturated rings. The molecule has 1 amide bonds. The molecule has 0 saturated carbocycles. The first-order valence-electron chi connectivity index (χ1n) is 6.05. The van der Waals surface area contributed by atoms with Gasteiger partial charge in [0.25, 0.3) is 0 Å². The molecule has 0 radical (unpaired) electrons. The summed E-state index contributed by atoms with van der Waals surface area (Å²) >= 11 is 3.01. The lowest BCUT2D eigenvalue weighted by Crippen LogP contribution is -2.41. The van der Waals surface area contributed by atoms with E-state index in [1.165, 1.54) is 19.1 Å². The molecule has 0 aliphatic rings. The second kappa shape index (κ2) is 6.47. The molecule has 2 N–H and O–H groups in total. The zero-order valence-corrected chi connectivity index (χ0v) is 12.9. The van der Waals surface area contributed by atoms with Gasteiger partial charge in [0.15, 0.2) is 0 Å². The number of anilines is 1. The van der Waals surface area contributed by atoms with Crippen LogP contribution in [-0.4, -0.2) is 18.0 Å². The maximum atomic E-state index is 12.9. The van der Waals surface area contributed by atoms with E-state index in [1.807, 2.05) is 0 Å². The van der Waals surface area contributed by atoms with Crippen LogP contribution in [0.5, 0.6) is 0 Å². The quantitative estimate of drug-likeness (QED) is 0.865. The van der Waals surface area contributed by atoms with Crippen molar-refractivity contribution in [1.29, 1.82) is 0 Å². The van der Waals surface area contributed by atoms with Gasteiger partial charge in [0.1, 0.15) is 6.04 Å². The van der Waals surface area contributed by atoms with E-state index in [1.54, 1.807) is 13.8 Å². The average molecular weight is 353 g/mol. The number of benzene rings is 1. The number of alkyl halides is 3. The number of carbonyl (C=O) groups excluding carboxylic acids is 1. The summed E-state index contributed by atoms with van der Waals surface area (Å²) in [6.45, 7) is 5.08. The molecule has 0 aromatic heterocycles. The Balaban J connectivity index is 2.95. The summed E-state index contributed by atoms with van der Waals surface area (Å²) in [5.74, 6) is -0.351. The summed E-state index contributed by atoms with van der Waals surface area (Å²) in [5, 5.41) is 5.24. The Morgan fingerprint density at radius 3 is 2.35 bits per heavy atom. The average Bonchev–Trinajstić information content (AvgIpc) is 2.29. The molecule has 3 nitrogen and oxygen atoms in total. The number of hydrogen-bond acceptors (Lipinski definition) is 2. The highest BCUT2D eigenvalue weighted by atomic mass is 79.9. The SMILES string of the molecule is CC(C)NC(=O)C(C)Nc1ccc(Br)cc1C(F)(F)F. The topological polar surface area (TPSA) is 41.1 Å². The molecule has 1 rings (SSSR count). The lowest BCUT2D eigenvalue weighted by molar-refractivity contribution is -0.137. The smallest absolute Gasteiger partial charge is 0.373 e. The Morgan fingerprint density at radius 2 is 1.85 bits per heavy atom. The second-order valence-electron chi connectivity index (χ2n) is 4.72. The van der Waals surface area contributed by atoms with Crippen molar-refractivity contribution in [1.82, 2.24) is 5.32 Å². The minimum Gasteiger partial charge on any atom is -0.373 e. The third-order valence-electron chi connectivity index (χ3n) is 2.48. The predicted octanol–water partition coefficient (Wildman–Crippen LogP) is 3.79. The minimum atomic E-state index is -4.49. The van der Waals surface area contributed by atoms with E-state index in [4.69, 9.17) is 0 Å². The monoisotopic (exact) mass is 352 g/mol. The van der Waals surface area contributed by atoms with E-state index in [2.05, 4.69) is 26.6 Å². The normalized spacial score (nSPS) is 13.2. The van der Waals surface area contributed by atoms with Gasteiger partial charge < -0.3 is 10.6 Å². The molecule has 0 heterocycles. The number of hydrogen-bond donors (Lipinski definition) is 2. The Bertz CT molecular complexity index is 489. The fourth-order valence-electron chi connectivity index (χ4n) is 1.59. The number of amides is 1. The lowest BCUT2D eigenvalue weighted by atomic mass is 10.1. The van der Waals surface area contributed by atoms with Gasteiger partial charge in [0.2, 0.25) is 5.91 Å². The molecule has 1 unspecified atom stereocenters. The molecule has 1 aromatic carbocycles. The van der Waals surface area contributed by atoms with Crippen molar-refractivity contribution in [2.75, 3.05) is 5.32 Å². The van der Waals surface area contributed by atoms with Crippen molar-refractivity contribution in [2.45, 2.75) is 39.0 Å². The van der Waals surface area contributed by atoms with Gasteiger partial charge in [-0.05, 0) is 39.0 Å². The van der Waals surface area contributed by atoms with E-state index in [9.17, 15) is 18.0 Å². The van der Waals surface area contributed by atoms with Crippen molar-refractivity contribution in [3.63, 3.8) is 0 Å². The molecule has 0 spiro atoms. The van der Waals surface area contributed by atoms with Crippen LogP contribution in [-0.2, 0) is 11.0 Å². The van der Waals surface area contributed by atoms with Gasteiger partial charge in [-0.25, -0.2) is 0 Å². The molecule has 7 heteroatoms. The Hall–Kier alpha value is -1.24. The van der Waals surface area contributed by atoms with Gasteiger partial charge in [0, 0.05) is 16.2 Å².